The summed E-state index contributed by atoms with van der Waals surface area (Å²) in [6.07, 6.45) is -4.59. The van der Waals surface area contributed by atoms with E-state index in [0.29, 0.717) is 0 Å². The minimum Gasteiger partial charge on any atom is -0.370 e. The van der Waals surface area contributed by atoms with E-state index in [-0.39, 0.29) is 12.0 Å². The van der Waals surface area contributed by atoms with Crippen molar-refractivity contribution < 1.29 is 18.0 Å². The average molecular weight is 232 g/mol. The van der Waals surface area contributed by atoms with Crippen LogP contribution in [0, 0.1) is 0 Å². The fourth-order valence-corrected chi connectivity index (χ4v) is 1.28. The largest absolute Gasteiger partial charge is 0.416 e. The number of carbonyl (C=O) groups is 1. The van der Waals surface area contributed by atoms with Crippen LogP contribution in [0.1, 0.15) is 23.6 Å². The fourth-order valence-electron chi connectivity index (χ4n) is 1.28. The van der Waals surface area contributed by atoms with Gasteiger partial charge in [-0.05, 0) is 17.7 Å². The summed E-state index contributed by atoms with van der Waals surface area (Å²) in [6.45, 7) is 0. The zero-order valence-electron chi connectivity index (χ0n) is 8.29. The molecule has 0 aliphatic heterocycles. The Balaban J connectivity index is 2.94. The SMILES string of the molecule is NC(=O)C[C@H](N)c1cccc(C(F)(F)F)c1. The second kappa shape index (κ2) is 4.52. The lowest BCUT2D eigenvalue weighted by atomic mass is 10.0. The van der Waals surface area contributed by atoms with Gasteiger partial charge in [0.05, 0.1) is 5.56 Å². The van der Waals surface area contributed by atoms with Crippen molar-refractivity contribution in [2.75, 3.05) is 0 Å². The predicted molar refractivity (Wildman–Crippen MR) is 52.2 cm³/mol. The van der Waals surface area contributed by atoms with Crippen molar-refractivity contribution in [2.45, 2.75) is 18.6 Å². The molecule has 0 saturated heterocycles. The van der Waals surface area contributed by atoms with Gasteiger partial charge in [0.15, 0.2) is 0 Å². The van der Waals surface area contributed by atoms with Gasteiger partial charge in [0.1, 0.15) is 0 Å². The molecule has 0 fully saturated rings. The maximum atomic E-state index is 12.4. The van der Waals surface area contributed by atoms with Crippen molar-refractivity contribution in [3.8, 4) is 0 Å². The first kappa shape index (κ1) is 12.5. The van der Waals surface area contributed by atoms with E-state index in [2.05, 4.69) is 0 Å². The Morgan fingerprint density at radius 1 is 1.38 bits per heavy atom. The highest BCUT2D eigenvalue weighted by molar-refractivity contribution is 5.74. The molecular formula is C10H11F3N2O. The zero-order chi connectivity index (χ0) is 12.3. The number of rotatable bonds is 3. The van der Waals surface area contributed by atoms with Crippen LogP contribution in [0.2, 0.25) is 0 Å². The predicted octanol–water partition coefficient (Wildman–Crippen LogP) is 1.58. The van der Waals surface area contributed by atoms with E-state index in [4.69, 9.17) is 11.5 Å². The van der Waals surface area contributed by atoms with Crippen LogP contribution < -0.4 is 11.5 Å². The third-order valence-electron chi connectivity index (χ3n) is 2.06. The third-order valence-corrected chi connectivity index (χ3v) is 2.06. The number of benzene rings is 1. The first-order chi connectivity index (χ1) is 7.30. The molecule has 88 valence electrons. The molecule has 0 heterocycles. The van der Waals surface area contributed by atoms with Gasteiger partial charge in [-0.25, -0.2) is 0 Å². The topological polar surface area (TPSA) is 69.1 Å². The van der Waals surface area contributed by atoms with Crippen LogP contribution in [0.25, 0.3) is 0 Å². The fraction of sp³-hybridized carbons (Fsp3) is 0.300. The highest BCUT2D eigenvalue weighted by atomic mass is 19.4. The lowest BCUT2D eigenvalue weighted by Crippen LogP contribution is -2.21. The molecule has 0 aliphatic carbocycles. The summed E-state index contributed by atoms with van der Waals surface area (Å²) in [5.41, 5.74) is 9.91. The number of nitrogens with two attached hydrogens (primary N) is 2. The molecule has 0 aromatic heterocycles. The van der Waals surface area contributed by atoms with E-state index in [1.54, 1.807) is 0 Å². The minimum atomic E-state index is -4.41. The second-order valence-electron chi connectivity index (χ2n) is 3.40. The Morgan fingerprint density at radius 2 is 2.00 bits per heavy atom. The molecule has 4 N–H and O–H groups in total. The molecule has 1 aromatic rings. The molecule has 6 heteroatoms. The molecule has 0 aliphatic rings. The number of alkyl halides is 3. The number of amides is 1. The Morgan fingerprint density at radius 3 is 2.50 bits per heavy atom. The third kappa shape index (κ3) is 3.23. The number of hydrogen-bond donors (Lipinski definition) is 2. The molecule has 1 rings (SSSR count). The highest BCUT2D eigenvalue weighted by Crippen LogP contribution is 2.30. The number of hydrogen-bond acceptors (Lipinski definition) is 2. The molecule has 1 amide bonds. The van der Waals surface area contributed by atoms with Crippen LogP contribution in [0.15, 0.2) is 24.3 Å². The van der Waals surface area contributed by atoms with Gasteiger partial charge in [0, 0.05) is 12.5 Å². The van der Waals surface area contributed by atoms with Crippen molar-refractivity contribution in [2.24, 2.45) is 11.5 Å². The summed E-state index contributed by atoms with van der Waals surface area (Å²) in [7, 11) is 0. The molecule has 16 heavy (non-hydrogen) atoms. The Hall–Kier alpha value is -1.56. The van der Waals surface area contributed by atoms with Gasteiger partial charge in [0.2, 0.25) is 5.91 Å². The summed E-state index contributed by atoms with van der Waals surface area (Å²) >= 11 is 0. The summed E-state index contributed by atoms with van der Waals surface area (Å²) in [5.74, 6) is -0.648. The van der Waals surface area contributed by atoms with Crippen LogP contribution in [-0.2, 0) is 11.0 Å². The van der Waals surface area contributed by atoms with Crippen LogP contribution >= 0.6 is 0 Å². The molecule has 1 aromatic carbocycles. The van der Waals surface area contributed by atoms with Crippen LogP contribution in [0.3, 0.4) is 0 Å². The first-order valence-electron chi connectivity index (χ1n) is 4.51. The summed E-state index contributed by atoms with van der Waals surface area (Å²) in [6, 6.07) is 3.75. The van der Waals surface area contributed by atoms with E-state index < -0.39 is 23.7 Å². The van der Waals surface area contributed by atoms with Crippen molar-refractivity contribution >= 4 is 5.91 Å². The van der Waals surface area contributed by atoms with Gasteiger partial charge in [-0.2, -0.15) is 13.2 Å². The molecule has 1 atom stereocenters. The number of primary amides is 1. The highest BCUT2D eigenvalue weighted by Gasteiger charge is 2.30. The van der Waals surface area contributed by atoms with Gasteiger partial charge in [-0.1, -0.05) is 12.1 Å². The van der Waals surface area contributed by atoms with E-state index in [9.17, 15) is 18.0 Å². The summed E-state index contributed by atoms with van der Waals surface area (Å²) in [4.78, 5) is 10.6. The van der Waals surface area contributed by atoms with Crippen LogP contribution in [0.4, 0.5) is 13.2 Å². The van der Waals surface area contributed by atoms with Gasteiger partial charge in [0.25, 0.3) is 0 Å². The lowest BCUT2D eigenvalue weighted by molar-refractivity contribution is -0.137. The monoisotopic (exact) mass is 232 g/mol. The maximum Gasteiger partial charge on any atom is 0.416 e. The normalized spacial score (nSPS) is 13.5. The number of carbonyl (C=O) groups excluding carboxylic acids is 1. The molecule has 0 spiro atoms. The van der Waals surface area contributed by atoms with E-state index in [1.165, 1.54) is 12.1 Å². The number of halogens is 3. The maximum absolute atomic E-state index is 12.4. The van der Waals surface area contributed by atoms with Gasteiger partial charge in [-0.3, -0.25) is 4.79 Å². The van der Waals surface area contributed by atoms with Crippen LogP contribution in [0.5, 0.6) is 0 Å². The first-order valence-corrected chi connectivity index (χ1v) is 4.51. The quantitative estimate of drug-likeness (QED) is 0.830. The van der Waals surface area contributed by atoms with Crippen molar-refractivity contribution in [1.82, 2.24) is 0 Å². The molecule has 3 nitrogen and oxygen atoms in total. The van der Waals surface area contributed by atoms with Gasteiger partial charge >= 0.3 is 6.18 Å². The van der Waals surface area contributed by atoms with E-state index >= 15 is 0 Å². The minimum absolute atomic E-state index is 0.179. The Kier molecular flexibility index (Phi) is 3.54. The molecule has 0 bridgehead atoms. The Bertz CT molecular complexity index is 390. The summed E-state index contributed by atoms with van der Waals surface area (Å²) < 4.78 is 37.1. The Labute approximate surface area is 90.2 Å². The molecule has 0 radical (unpaired) electrons. The van der Waals surface area contributed by atoms with Crippen LogP contribution in [-0.4, -0.2) is 5.91 Å². The smallest absolute Gasteiger partial charge is 0.370 e. The lowest BCUT2D eigenvalue weighted by Gasteiger charge is -2.12. The molecule has 0 unspecified atom stereocenters. The van der Waals surface area contributed by atoms with Gasteiger partial charge < -0.3 is 11.5 Å². The van der Waals surface area contributed by atoms with Gasteiger partial charge in [-0.15, -0.1) is 0 Å². The molecule has 0 saturated carbocycles. The van der Waals surface area contributed by atoms with Crippen molar-refractivity contribution in [3.63, 3.8) is 0 Å². The average Bonchev–Trinajstić information content (AvgIpc) is 2.15. The zero-order valence-corrected chi connectivity index (χ0v) is 8.29. The summed E-state index contributed by atoms with van der Waals surface area (Å²) in [5, 5.41) is 0. The second-order valence-corrected chi connectivity index (χ2v) is 3.40. The van der Waals surface area contributed by atoms with E-state index in [0.717, 1.165) is 12.1 Å². The standard InChI is InChI=1S/C10H11F3N2O/c11-10(12,13)7-3-1-2-6(4-7)8(14)5-9(15)16/h1-4,8H,5,14H2,(H2,15,16)/t8-/m0/s1. The van der Waals surface area contributed by atoms with Crippen molar-refractivity contribution in [1.29, 1.82) is 0 Å². The molecular weight excluding hydrogens is 221 g/mol. The van der Waals surface area contributed by atoms with E-state index in [1.807, 2.05) is 0 Å². The van der Waals surface area contributed by atoms with Crippen molar-refractivity contribution in [3.05, 3.63) is 35.4 Å².